The number of rotatable bonds is 1. The van der Waals surface area contributed by atoms with Crippen LogP contribution in [0.3, 0.4) is 0 Å². The summed E-state index contributed by atoms with van der Waals surface area (Å²) in [6, 6.07) is 7.37. The van der Waals surface area contributed by atoms with E-state index in [2.05, 4.69) is 0 Å². The molecule has 1 fully saturated rings. The van der Waals surface area contributed by atoms with E-state index >= 15 is 0 Å². The van der Waals surface area contributed by atoms with Crippen LogP contribution in [-0.4, -0.2) is 21.5 Å². The van der Waals surface area contributed by atoms with Gasteiger partial charge >= 0.3 is 0 Å². The second-order valence-electron chi connectivity index (χ2n) is 4.37. The summed E-state index contributed by atoms with van der Waals surface area (Å²) in [7, 11) is 11.6. The molecule has 1 atom stereocenters. The molecule has 1 saturated carbocycles. The second-order valence-corrected chi connectivity index (χ2v) is 4.78. The fraction of sp³-hybridized carbons (Fsp3) is 0.417. The fourth-order valence-electron chi connectivity index (χ4n) is 2.23. The van der Waals surface area contributed by atoms with E-state index in [-0.39, 0.29) is 11.7 Å². The Labute approximate surface area is 103 Å². The van der Waals surface area contributed by atoms with Crippen LogP contribution in [0.5, 0.6) is 0 Å². The number of benzene rings is 1. The van der Waals surface area contributed by atoms with Crippen molar-refractivity contribution in [2.45, 2.75) is 30.4 Å². The van der Waals surface area contributed by atoms with E-state index in [9.17, 15) is 4.79 Å². The van der Waals surface area contributed by atoms with Gasteiger partial charge in [-0.05, 0) is 23.3 Å². The van der Waals surface area contributed by atoms with Crippen LogP contribution in [0.25, 0.3) is 0 Å². The zero-order chi connectivity index (χ0) is 11.8. The standard InChI is InChI=1S/C12H11B2ClO/c13-12(14)7-3-5-9(11(12)16)8-4-1-2-6-10(8)15/h1-2,4,6,9H,3,5,7H2/t9-/m1/s1. The molecule has 0 aliphatic heterocycles. The largest absolute Gasteiger partial charge is 0.300 e. The molecule has 1 aromatic carbocycles. The maximum atomic E-state index is 12.1. The van der Waals surface area contributed by atoms with Crippen molar-refractivity contribution in [1.29, 1.82) is 0 Å². The molecule has 1 nitrogen and oxygen atoms in total. The molecular weight excluding hydrogens is 217 g/mol. The molecule has 0 amide bonds. The normalized spacial score (nSPS) is 24.3. The van der Waals surface area contributed by atoms with Gasteiger partial charge in [0.15, 0.2) is 0 Å². The molecule has 4 heteroatoms. The summed E-state index contributed by atoms with van der Waals surface area (Å²) in [6.07, 6.45) is 2.18. The zero-order valence-electron chi connectivity index (χ0n) is 8.95. The summed E-state index contributed by atoms with van der Waals surface area (Å²) in [5.41, 5.74) is 0.842. The Balaban J connectivity index is 2.35. The monoisotopic (exact) mass is 228 g/mol. The van der Waals surface area contributed by atoms with E-state index in [4.69, 9.17) is 27.3 Å². The van der Waals surface area contributed by atoms with Gasteiger partial charge < -0.3 is 4.79 Å². The van der Waals surface area contributed by atoms with Gasteiger partial charge in [-0.15, -0.1) is 0 Å². The van der Waals surface area contributed by atoms with Gasteiger partial charge in [0.2, 0.25) is 0 Å². The third kappa shape index (κ3) is 2.06. The Morgan fingerprint density at radius 1 is 1.31 bits per heavy atom. The molecule has 0 aromatic heterocycles. The molecule has 4 radical (unpaired) electrons. The Hall–Kier alpha value is -0.690. The van der Waals surface area contributed by atoms with Gasteiger partial charge in [0.25, 0.3) is 0 Å². The van der Waals surface area contributed by atoms with Crippen molar-refractivity contribution >= 4 is 33.1 Å². The molecular formula is C12H11B2ClO. The quantitative estimate of drug-likeness (QED) is 0.675. The van der Waals surface area contributed by atoms with Gasteiger partial charge in [0.1, 0.15) is 5.78 Å². The SMILES string of the molecule is [B]C1([B])CCC[C@H](c2ccccc2Cl)C1=O. The van der Waals surface area contributed by atoms with Crippen LogP contribution < -0.4 is 0 Å². The molecule has 1 aromatic rings. The number of halogens is 1. The van der Waals surface area contributed by atoms with Gasteiger partial charge in [0.05, 0.1) is 15.7 Å². The van der Waals surface area contributed by atoms with Crippen molar-refractivity contribution in [3.63, 3.8) is 0 Å². The van der Waals surface area contributed by atoms with Crippen molar-refractivity contribution in [3.05, 3.63) is 34.9 Å². The van der Waals surface area contributed by atoms with E-state index in [1.807, 2.05) is 18.2 Å². The first-order chi connectivity index (χ1) is 7.52. The predicted octanol–water partition coefficient (Wildman–Crippen LogP) is 2.63. The summed E-state index contributed by atoms with van der Waals surface area (Å²) < 4.78 is 0. The second kappa shape index (κ2) is 4.29. The maximum Gasteiger partial charge on any atom is 0.129 e. The molecule has 0 bridgehead atoms. The molecule has 16 heavy (non-hydrogen) atoms. The highest BCUT2D eigenvalue weighted by Crippen LogP contribution is 2.42. The first kappa shape index (κ1) is 11.8. The molecule has 0 spiro atoms. The Kier molecular flexibility index (Phi) is 3.16. The van der Waals surface area contributed by atoms with E-state index < -0.39 is 5.21 Å². The summed E-state index contributed by atoms with van der Waals surface area (Å²) in [6.45, 7) is 0. The lowest BCUT2D eigenvalue weighted by Crippen LogP contribution is -2.34. The predicted molar refractivity (Wildman–Crippen MR) is 67.3 cm³/mol. The Morgan fingerprint density at radius 3 is 2.69 bits per heavy atom. The van der Waals surface area contributed by atoms with Crippen LogP contribution in [0.1, 0.15) is 30.7 Å². The summed E-state index contributed by atoms with van der Waals surface area (Å²) in [5, 5.41) is -0.583. The number of carbonyl (C=O) groups is 1. The Bertz CT molecular complexity index is 417. The minimum absolute atomic E-state index is 0.105. The minimum atomic E-state index is -1.19. The van der Waals surface area contributed by atoms with Crippen molar-refractivity contribution in [2.75, 3.05) is 0 Å². The summed E-state index contributed by atoms with van der Waals surface area (Å²) in [4.78, 5) is 12.1. The highest BCUT2D eigenvalue weighted by Gasteiger charge is 2.37. The van der Waals surface area contributed by atoms with Gasteiger partial charge in [-0.25, -0.2) is 0 Å². The lowest BCUT2D eigenvalue weighted by atomic mass is 9.46. The molecule has 0 saturated heterocycles. The number of carbonyl (C=O) groups excluding carboxylic acids is 1. The molecule has 2 rings (SSSR count). The van der Waals surface area contributed by atoms with E-state index in [1.54, 1.807) is 6.07 Å². The smallest absolute Gasteiger partial charge is 0.129 e. The molecule has 0 N–H and O–H groups in total. The van der Waals surface area contributed by atoms with Crippen molar-refractivity contribution < 1.29 is 4.79 Å². The molecule has 1 aliphatic carbocycles. The highest BCUT2D eigenvalue weighted by molar-refractivity contribution is 6.51. The third-order valence-electron chi connectivity index (χ3n) is 3.14. The van der Waals surface area contributed by atoms with Gasteiger partial charge in [0, 0.05) is 10.9 Å². The number of hydrogen-bond acceptors (Lipinski definition) is 1. The fourth-order valence-corrected chi connectivity index (χ4v) is 2.50. The first-order valence-corrected chi connectivity index (χ1v) is 5.76. The topological polar surface area (TPSA) is 17.1 Å². The minimum Gasteiger partial charge on any atom is -0.300 e. The Morgan fingerprint density at radius 2 is 2.00 bits per heavy atom. The van der Waals surface area contributed by atoms with Crippen LogP contribution in [-0.2, 0) is 4.79 Å². The third-order valence-corrected chi connectivity index (χ3v) is 3.48. The van der Waals surface area contributed by atoms with Gasteiger partial charge in [-0.1, -0.05) is 42.6 Å². The van der Waals surface area contributed by atoms with Gasteiger partial charge in [-0.3, -0.25) is 0 Å². The molecule has 0 unspecified atom stereocenters. The van der Waals surface area contributed by atoms with Crippen LogP contribution in [0.2, 0.25) is 10.2 Å². The van der Waals surface area contributed by atoms with Crippen molar-refractivity contribution in [2.24, 2.45) is 0 Å². The molecule has 1 aliphatic rings. The number of Topliss-reactive ketones (excluding diaryl/α,β-unsaturated/α-hetero) is 1. The number of ketones is 1. The molecule has 78 valence electrons. The summed E-state index contributed by atoms with van der Waals surface area (Å²) in [5.74, 6) is -0.357. The highest BCUT2D eigenvalue weighted by atomic mass is 35.5. The first-order valence-electron chi connectivity index (χ1n) is 5.39. The van der Waals surface area contributed by atoms with E-state index in [1.165, 1.54) is 0 Å². The number of hydrogen-bond donors (Lipinski definition) is 0. The maximum absolute atomic E-state index is 12.1. The zero-order valence-corrected chi connectivity index (χ0v) is 9.70. The average Bonchev–Trinajstić information content (AvgIpc) is 2.23. The lowest BCUT2D eigenvalue weighted by molar-refractivity contribution is -0.122. The van der Waals surface area contributed by atoms with Crippen molar-refractivity contribution in [1.82, 2.24) is 0 Å². The van der Waals surface area contributed by atoms with Crippen LogP contribution in [0, 0.1) is 0 Å². The lowest BCUT2D eigenvalue weighted by Gasteiger charge is -2.35. The van der Waals surface area contributed by atoms with Crippen LogP contribution >= 0.6 is 11.6 Å². The molecule has 0 heterocycles. The van der Waals surface area contributed by atoms with Crippen LogP contribution in [0.4, 0.5) is 0 Å². The van der Waals surface area contributed by atoms with E-state index in [0.29, 0.717) is 11.4 Å². The van der Waals surface area contributed by atoms with Crippen LogP contribution in [0.15, 0.2) is 24.3 Å². The van der Waals surface area contributed by atoms with E-state index in [0.717, 1.165) is 18.4 Å². The average molecular weight is 228 g/mol. The summed E-state index contributed by atoms with van der Waals surface area (Å²) >= 11 is 6.08. The van der Waals surface area contributed by atoms with Gasteiger partial charge in [-0.2, -0.15) is 0 Å². The van der Waals surface area contributed by atoms with Crippen molar-refractivity contribution in [3.8, 4) is 0 Å².